The van der Waals surface area contributed by atoms with Gasteiger partial charge in [-0.15, -0.1) is 0 Å². The van der Waals surface area contributed by atoms with Crippen LogP contribution in [-0.2, 0) is 16.0 Å². The minimum absolute atomic E-state index is 0.0479. The first-order valence-electron chi connectivity index (χ1n) is 5.64. The summed E-state index contributed by atoms with van der Waals surface area (Å²) in [5.74, 6) is 0.240. The van der Waals surface area contributed by atoms with Crippen molar-refractivity contribution in [3.8, 4) is 5.75 Å². The minimum Gasteiger partial charge on any atom is -0.508 e. The molecule has 1 aromatic carbocycles. The molecule has 1 N–H and O–H groups in total. The number of ether oxygens (including phenoxy) is 1. The molecule has 0 aliphatic heterocycles. The van der Waals surface area contributed by atoms with Gasteiger partial charge in [-0.1, -0.05) is 12.1 Å². The number of amides is 1. The van der Waals surface area contributed by atoms with E-state index >= 15 is 0 Å². The van der Waals surface area contributed by atoms with Crippen LogP contribution in [-0.4, -0.2) is 43.2 Å². The lowest BCUT2D eigenvalue weighted by molar-refractivity contribution is -0.129. The number of benzene rings is 1. The first-order chi connectivity index (χ1) is 8.13. The van der Waals surface area contributed by atoms with Gasteiger partial charge in [0.15, 0.2) is 0 Å². The Bertz CT molecular complexity index is 365. The Morgan fingerprint density at radius 2 is 2.24 bits per heavy atom. The second-order valence-electron chi connectivity index (χ2n) is 4.01. The predicted octanol–water partition coefficient (Wildman–Crippen LogP) is 1.43. The molecule has 0 spiro atoms. The molecule has 1 rings (SSSR count). The summed E-state index contributed by atoms with van der Waals surface area (Å²) < 4.78 is 4.93. The van der Waals surface area contributed by atoms with E-state index in [-0.39, 0.29) is 11.7 Å². The first kappa shape index (κ1) is 13.5. The van der Waals surface area contributed by atoms with Gasteiger partial charge in [0.1, 0.15) is 5.75 Å². The zero-order valence-corrected chi connectivity index (χ0v) is 10.3. The maximum absolute atomic E-state index is 11.8. The summed E-state index contributed by atoms with van der Waals surface area (Å²) in [7, 11) is 3.43. The summed E-state index contributed by atoms with van der Waals surface area (Å²) in [5, 5.41) is 9.30. The second kappa shape index (κ2) is 6.91. The fourth-order valence-electron chi connectivity index (χ4n) is 1.55. The van der Waals surface area contributed by atoms with Crippen molar-refractivity contribution in [3.05, 3.63) is 29.8 Å². The molecule has 0 radical (unpaired) electrons. The van der Waals surface area contributed by atoms with Crippen LogP contribution in [0.25, 0.3) is 0 Å². The summed E-state index contributed by atoms with van der Waals surface area (Å²) in [6.07, 6.45) is 1.15. The van der Waals surface area contributed by atoms with Gasteiger partial charge in [0.05, 0.1) is 6.42 Å². The van der Waals surface area contributed by atoms with Crippen molar-refractivity contribution in [2.24, 2.45) is 0 Å². The van der Waals surface area contributed by atoms with Crippen LogP contribution in [0.4, 0.5) is 0 Å². The van der Waals surface area contributed by atoms with E-state index in [0.717, 1.165) is 12.0 Å². The van der Waals surface area contributed by atoms with E-state index in [9.17, 15) is 9.90 Å². The molecular formula is C13H19NO3. The van der Waals surface area contributed by atoms with Gasteiger partial charge in [-0.2, -0.15) is 0 Å². The van der Waals surface area contributed by atoms with Crippen molar-refractivity contribution in [1.82, 2.24) is 4.90 Å². The number of carbonyl (C=O) groups excluding carboxylic acids is 1. The summed E-state index contributed by atoms with van der Waals surface area (Å²) in [5.41, 5.74) is 0.827. The molecule has 0 aliphatic rings. The van der Waals surface area contributed by atoms with Crippen molar-refractivity contribution in [2.45, 2.75) is 12.8 Å². The van der Waals surface area contributed by atoms with Gasteiger partial charge in [0, 0.05) is 27.3 Å². The lowest BCUT2D eigenvalue weighted by Gasteiger charge is -2.16. The van der Waals surface area contributed by atoms with E-state index in [0.29, 0.717) is 19.6 Å². The number of aromatic hydroxyl groups is 1. The maximum Gasteiger partial charge on any atom is 0.226 e. The molecule has 4 heteroatoms. The van der Waals surface area contributed by atoms with Gasteiger partial charge in [0.25, 0.3) is 0 Å². The molecule has 0 saturated heterocycles. The predicted molar refractivity (Wildman–Crippen MR) is 65.9 cm³/mol. The van der Waals surface area contributed by atoms with Crippen LogP contribution in [0, 0.1) is 0 Å². The Morgan fingerprint density at radius 3 is 2.88 bits per heavy atom. The third-order valence-electron chi connectivity index (χ3n) is 2.53. The van der Waals surface area contributed by atoms with Gasteiger partial charge in [0.2, 0.25) is 5.91 Å². The van der Waals surface area contributed by atoms with Crippen LogP contribution in [0.2, 0.25) is 0 Å². The molecule has 1 amide bonds. The number of phenolic OH excluding ortho intramolecular Hbond substituents is 1. The van der Waals surface area contributed by atoms with E-state index in [2.05, 4.69) is 0 Å². The fraction of sp³-hybridized carbons (Fsp3) is 0.462. The van der Waals surface area contributed by atoms with Gasteiger partial charge in [-0.05, 0) is 24.1 Å². The third-order valence-corrected chi connectivity index (χ3v) is 2.53. The van der Waals surface area contributed by atoms with Crippen LogP contribution < -0.4 is 0 Å². The van der Waals surface area contributed by atoms with Crippen molar-refractivity contribution < 1.29 is 14.6 Å². The molecule has 17 heavy (non-hydrogen) atoms. The molecule has 0 bridgehead atoms. The number of hydrogen-bond acceptors (Lipinski definition) is 3. The van der Waals surface area contributed by atoms with Gasteiger partial charge in [-0.3, -0.25) is 4.79 Å². The molecule has 4 nitrogen and oxygen atoms in total. The molecule has 0 saturated carbocycles. The van der Waals surface area contributed by atoms with Crippen LogP contribution in [0.3, 0.4) is 0 Å². The first-order valence-corrected chi connectivity index (χ1v) is 5.64. The number of hydrogen-bond donors (Lipinski definition) is 1. The SMILES string of the molecule is COCCCN(C)C(=O)Cc1cccc(O)c1. The number of methoxy groups -OCH3 is 1. The largest absolute Gasteiger partial charge is 0.508 e. The Balaban J connectivity index is 2.43. The van der Waals surface area contributed by atoms with Crippen molar-refractivity contribution >= 4 is 5.91 Å². The summed E-state index contributed by atoms with van der Waals surface area (Å²) in [4.78, 5) is 13.5. The standard InChI is InChI=1S/C13H19NO3/c1-14(7-4-8-17-2)13(16)10-11-5-3-6-12(15)9-11/h3,5-6,9,15H,4,7-8,10H2,1-2H3. The second-order valence-corrected chi connectivity index (χ2v) is 4.01. The third kappa shape index (κ3) is 4.87. The average molecular weight is 237 g/mol. The number of likely N-dealkylation sites (N-methyl/N-ethyl adjacent to an activating group) is 1. The number of carbonyl (C=O) groups is 1. The highest BCUT2D eigenvalue weighted by Crippen LogP contribution is 2.12. The Labute approximate surface area is 102 Å². The summed E-state index contributed by atoms with van der Waals surface area (Å²) in [6, 6.07) is 6.78. The Kier molecular flexibility index (Phi) is 5.49. The fourth-order valence-corrected chi connectivity index (χ4v) is 1.55. The van der Waals surface area contributed by atoms with Crippen molar-refractivity contribution in [2.75, 3.05) is 27.3 Å². The Morgan fingerprint density at radius 1 is 1.47 bits per heavy atom. The quantitative estimate of drug-likeness (QED) is 0.761. The lowest BCUT2D eigenvalue weighted by Crippen LogP contribution is -2.29. The number of rotatable bonds is 6. The van der Waals surface area contributed by atoms with Crippen LogP contribution in [0.15, 0.2) is 24.3 Å². The average Bonchev–Trinajstić information content (AvgIpc) is 2.29. The lowest BCUT2D eigenvalue weighted by atomic mass is 10.1. The van der Waals surface area contributed by atoms with E-state index in [1.165, 1.54) is 0 Å². The van der Waals surface area contributed by atoms with Gasteiger partial charge >= 0.3 is 0 Å². The smallest absolute Gasteiger partial charge is 0.226 e. The molecular weight excluding hydrogens is 218 g/mol. The highest BCUT2D eigenvalue weighted by molar-refractivity contribution is 5.78. The van der Waals surface area contributed by atoms with Gasteiger partial charge in [-0.25, -0.2) is 0 Å². The molecule has 94 valence electrons. The van der Waals surface area contributed by atoms with E-state index in [1.807, 2.05) is 6.07 Å². The normalized spacial score (nSPS) is 10.2. The minimum atomic E-state index is 0.0479. The number of nitrogens with zero attached hydrogens (tertiary/aromatic N) is 1. The molecule has 0 atom stereocenters. The zero-order valence-electron chi connectivity index (χ0n) is 10.3. The summed E-state index contributed by atoms with van der Waals surface area (Å²) in [6.45, 7) is 1.34. The molecule has 0 heterocycles. The monoisotopic (exact) mass is 237 g/mol. The molecule has 0 fully saturated rings. The topological polar surface area (TPSA) is 49.8 Å². The molecule has 0 unspecified atom stereocenters. The molecule has 0 aromatic heterocycles. The van der Waals surface area contributed by atoms with Crippen molar-refractivity contribution in [3.63, 3.8) is 0 Å². The van der Waals surface area contributed by atoms with Crippen LogP contribution >= 0.6 is 0 Å². The van der Waals surface area contributed by atoms with Crippen molar-refractivity contribution in [1.29, 1.82) is 0 Å². The van der Waals surface area contributed by atoms with Crippen LogP contribution in [0.5, 0.6) is 5.75 Å². The molecule has 1 aromatic rings. The van der Waals surface area contributed by atoms with E-state index in [1.54, 1.807) is 37.3 Å². The maximum atomic E-state index is 11.8. The highest BCUT2D eigenvalue weighted by atomic mass is 16.5. The van der Waals surface area contributed by atoms with Gasteiger partial charge < -0.3 is 14.7 Å². The van der Waals surface area contributed by atoms with E-state index < -0.39 is 0 Å². The summed E-state index contributed by atoms with van der Waals surface area (Å²) >= 11 is 0. The van der Waals surface area contributed by atoms with E-state index in [4.69, 9.17) is 4.74 Å². The highest BCUT2D eigenvalue weighted by Gasteiger charge is 2.09. The zero-order chi connectivity index (χ0) is 12.7. The number of phenols is 1. The Hall–Kier alpha value is -1.55. The molecule has 0 aliphatic carbocycles. The van der Waals surface area contributed by atoms with Crippen LogP contribution in [0.1, 0.15) is 12.0 Å².